The highest BCUT2D eigenvalue weighted by Crippen LogP contribution is 2.33. The van der Waals surface area contributed by atoms with Gasteiger partial charge in [-0.1, -0.05) is 27.7 Å². The van der Waals surface area contributed by atoms with Crippen LogP contribution in [0.4, 0.5) is 0 Å². The van der Waals surface area contributed by atoms with Crippen molar-refractivity contribution in [2.45, 2.75) is 34.1 Å². The van der Waals surface area contributed by atoms with Crippen LogP contribution in [-0.2, 0) is 0 Å². The first-order valence-corrected chi connectivity index (χ1v) is 6.25. The van der Waals surface area contributed by atoms with E-state index in [-0.39, 0.29) is 0 Å². The first-order chi connectivity index (χ1) is 6.43. The van der Waals surface area contributed by atoms with Gasteiger partial charge in [-0.15, -0.1) is 11.6 Å². The molecule has 1 aliphatic heterocycles. The second-order valence-corrected chi connectivity index (χ2v) is 6.18. The molecule has 0 aromatic rings. The second kappa shape index (κ2) is 4.85. The van der Waals surface area contributed by atoms with Crippen LogP contribution in [0.25, 0.3) is 0 Å². The minimum atomic E-state index is 0.471. The molecule has 0 bridgehead atoms. The Labute approximate surface area is 93.8 Å². The molecule has 0 amide bonds. The smallest absolute Gasteiger partial charge is 0.0261 e. The number of nitrogens with zero attached hydrogens (tertiary/aromatic N) is 1. The summed E-state index contributed by atoms with van der Waals surface area (Å²) in [5.41, 5.74) is 0.471. The highest BCUT2D eigenvalue weighted by atomic mass is 35.5. The van der Waals surface area contributed by atoms with E-state index in [1.165, 1.54) is 26.1 Å². The molecule has 1 fully saturated rings. The molecule has 1 heterocycles. The largest absolute Gasteiger partial charge is 0.303 e. The monoisotopic (exact) mass is 217 g/mol. The lowest BCUT2D eigenvalue weighted by atomic mass is 9.80. The second-order valence-electron chi connectivity index (χ2n) is 5.87. The Morgan fingerprint density at radius 1 is 1.43 bits per heavy atom. The van der Waals surface area contributed by atoms with Crippen molar-refractivity contribution in [2.75, 3.05) is 25.5 Å². The number of alkyl halides is 1. The fourth-order valence-corrected chi connectivity index (χ4v) is 2.29. The highest BCUT2D eigenvalue weighted by Gasteiger charge is 2.31. The van der Waals surface area contributed by atoms with Crippen LogP contribution in [-0.4, -0.2) is 30.4 Å². The number of rotatable bonds is 3. The summed E-state index contributed by atoms with van der Waals surface area (Å²) in [6.45, 7) is 13.0. The van der Waals surface area contributed by atoms with E-state index in [4.69, 9.17) is 11.6 Å². The summed E-state index contributed by atoms with van der Waals surface area (Å²) in [5, 5.41) is 0. The van der Waals surface area contributed by atoms with Gasteiger partial charge in [0.15, 0.2) is 0 Å². The first-order valence-electron chi connectivity index (χ1n) is 5.71. The summed E-state index contributed by atoms with van der Waals surface area (Å²) >= 11 is 5.83. The maximum Gasteiger partial charge on any atom is 0.0261 e. The van der Waals surface area contributed by atoms with Gasteiger partial charge in [-0.3, -0.25) is 0 Å². The van der Waals surface area contributed by atoms with Crippen LogP contribution in [0, 0.1) is 17.3 Å². The summed E-state index contributed by atoms with van der Waals surface area (Å²) in [6, 6.07) is 0. The standard InChI is InChI=1S/C12H24ClN/c1-10(7-13)8-14-6-5-11(9-14)12(2,3)4/h10-11H,5-9H2,1-4H3. The molecule has 1 rings (SSSR count). The summed E-state index contributed by atoms with van der Waals surface area (Å²) < 4.78 is 0. The third-order valence-electron chi connectivity index (χ3n) is 3.33. The molecule has 0 aromatic heterocycles. The normalized spacial score (nSPS) is 26.8. The van der Waals surface area contributed by atoms with Crippen molar-refractivity contribution >= 4 is 11.6 Å². The number of halogens is 1. The van der Waals surface area contributed by atoms with Gasteiger partial charge in [0.05, 0.1) is 0 Å². The van der Waals surface area contributed by atoms with Crippen LogP contribution >= 0.6 is 11.6 Å². The van der Waals surface area contributed by atoms with Crippen molar-refractivity contribution < 1.29 is 0 Å². The van der Waals surface area contributed by atoms with Crippen molar-refractivity contribution in [3.63, 3.8) is 0 Å². The van der Waals surface area contributed by atoms with E-state index >= 15 is 0 Å². The van der Waals surface area contributed by atoms with Gasteiger partial charge in [0.25, 0.3) is 0 Å². The van der Waals surface area contributed by atoms with Gasteiger partial charge in [-0.25, -0.2) is 0 Å². The fourth-order valence-electron chi connectivity index (χ4n) is 2.19. The molecule has 0 saturated carbocycles. The molecule has 84 valence electrons. The van der Waals surface area contributed by atoms with Gasteiger partial charge in [-0.2, -0.15) is 0 Å². The molecule has 0 aliphatic carbocycles. The molecular formula is C12H24ClN. The summed E-state index contributed by atoms with van der Waals surface area (Å²) in [6.07, 6.45) is 1.36. The average Bonchev–Trinajstić information content (AvgIpc) is 2.51. The lowest BCUT2D eigenvalue weighted by Crippen LogP contribution is -2.29. The van der Waals surface area contributed by atoms with Gasteiger partial charge in [0.1, 0.15) is 0 Å². The lowest BCUT2D eigenvalue weighted by molar-refractivity contribution is 0.220. The van der Waals surface area contributed by atoms with Gasteiger partial charge in [0, 0.05) is 19.0 Å². The van der Waals surface area contributed by atoms with E-state index < -0.39 is 0 Å². The minimum absolute atomic E-state index is 0.471. The van der Waals surface area contributed by atoms with Crippen LogP contribution in [0.3, 0.4) is 0 Å². The zero-order valence-electron chi connectivity index (χ0n) is 10.0. The third-order valence-corrected chi connectivity index (χ3v) is 3.86. The van der Waals surface area contributed by atoms with Crippen LogP contribution < -0.4 is 0 Å². The van der Waals surface area contributed by atoms with E-state index in [9.17, 15) is 0 Å². The molecule has 14 heavy (non-hydrogen) atoms. The van der Waals surface area contributed by atoms with E-state index in [1.807, 2.05) is 0 Å². The highest BCUT2D eigenvalue weighted by molar-refractivity contribution is 6.18. The Morgan fingerprint density at radius 3 is 2.50 bits per heavy atom. The minimum Gasteiger partial charge on any atom is -0.303 e. The SMILES string of the molecule is CC(CCl)CN1CCC(C(C)(C)C)C1. The predicted octanol–water partition coefficient (Wildman–Crippen LogP) is 3.23. The van der Waals surface area contributed by atoms with Crippen molar-refractivity contribution in [2.24, 2.45) is 17.3 Å². The number of hydrogen-bond donors (Lipinski definition) is 0. The van der Waals surface area contributed by atoms with Crippen LogP contribution in [0.2, 0.25) is 0 Å². The van der Waals surface area contributed by atoms with E-state index in [1.54, 1.807) is 0 Å². The maximum atomic E-state index is 5.83. The molecule has 2 atom stereocenters. The number of likely N-dealkylation sites (tertiary alicyclic amines) is 1. The molecule has 2 heteroatoms. The van der Waals surface area contributed by atoms with Gasteiger partial charge in [-0.05, 0) is 30.2 Å². The Balaban J connectivity index is 2.34. The molecule has 1 aliphatic rings. The van der Waals surface area contributed by atoms with Crippen LogP contribution in [0.15, 0.2) is 0 Å². The first kappa shape index (κ1) is 12.3. The van der Waals surface area contributed by atoms with Crippen LogP contribution in [0.5, 0.6) is 0 Å². The molecule has 0 spiro atoms. The molecule has 1 saturated heterocycles. The Bertz CT molecular complexity index is 174. The van der Waals surface area contributed by atoms with Crippen LogP contribution in [0.1, 0.15) is 34.1 Å². The van der Waals surface area contributed by atoms with Crippen molar-refractivity contribution in [1.82, 2.24) is 4.90 Å². The van der Waals surface area contributed by atoms with E-state index in [2.05, 4.69) is 32.6 Å². The zero-order chi connectivity index (χ0) is 10.8. The lowest BCUT2D eigenvalue weighted by Gasteiger charge is -2.27. The molecular weight excluding hydrogens is 194 g/mol. The summed E-state index contributed by atoms with van der Waals surface area (Å²) in [5.74, 6) is 2.29. The van der Waals surface area contributed by atoms with E-state index in [0.717, 1.165) is 11.8 Å². The molecule has 0 N–H and O–H groups in total. The Morgan fingerprint density at radius 2 is 2.07 bits per heavy atom. The zero-order valence-corrected chi connectivity index (χ0v) is 10.8. The fraction of sp³-hybridized carbons (Fsp3) is 1.00. The van der Waals surface area contributed by atoms with Gasteiger partial charge < -0.3 is 4.90 Å². The van der Waals surface area contributed by atoms with Gasteiger partial charge in [0.2, 0.25) is 0 Å². The van der Waals surface area contributed by atoms with Gasteiger partial charge >= 0.3 is 0 Å². The Hall–Kier alpha value is 0.250. The average molecular weight is 218 g/mol. The third kappa shape index (κ3) is 3.43. The molecule has 2 unspecified atom stereocenters. The molecule has 0 aromatic carbocycles. The topological polar surface area (TPSA) is 3.24 Å². The summed E-state index contributed by atoms with van der Waals surface area (Å²) in [4.78, 5) is 2.57. The molecule has 0 radical (unpaired) electrons. The van der Waals surface area contributed by atoms with Crippen molar-refractivity contribution in [1.29, 1.82) is 0 Å². The van der Waals surface area contributed by atoms with E-state index in [0.29, 0.717) is 11.3 Å². The molecule has 1 nitrogen and oxygen atoms in total. The predicted molar refractivity (Wildman–Crippen MR) is 63.9 cm³/mol. The number of hydrogen-bond acceptors (Lipinski definition) is 1. The summed E-state index contributed by atoms with van der Waals surface area (Å²) in [7, 11) is 0. The van der Waals surface area contributed by atoms with Crippen molar-refractivity contribution in [3.05, 3.63) is 0 Å². The maximum absolute atomic E-state index is 5.83. The quantitative estimate of drug-likeness (QED) is 0.657. The van der Waals surface area contributed by atoms with Crippen molar-refractivity contribution in [3.8, 4) is 0 Å². The Kier molecular flexibility index (Phi) is 4.27.